The highest BCUT2D eigenvalue weighted by molar-refractivity contribution is 5.78. The van der Waals surface area contributed by atoms with Gasteiger partial charge in [-0.15, -0.1) is 0 Å². The molecule has 1 aliphatic carbocycles. The third-order valence-corrected chi connectivity index (χ3v) is 3.54. The van der Waals surface area contributed by atoms with Gasteiger partial charge in [0.1, 0.15) is 5.52 Å². The van der Waals surface area contributed by atoms with Crippen LogP contribution in [0.15, 0.2) is 22.6 Å². The average molecular weight is 245 g/mol. The molecule has 1 N–H and O–H groups in total. The van der Waals surface area contributed by atoms with E-state index in [-0.39, 0.29) is 12.3 Å². The minimum Gasteiger partial charge on any atom is -0.481 e. The summed E-state index contributed by atoms with van der Waals surface area (Å²) in [5.74, 6) is 0.436. The van der Waals surface area contributed by atoms with Crippen LogP contribution in [0.4, 0.5) is 0 Å². The number of aliphatic carboxylic acids is 1. The summed E-state index contributed by atoms with van der Waals surface area (Å²) in [4.78, 5) is 15.4. The van der Waals surface area contributed by atoms with E-state index in [9.17, 15) is 4.79 Å². The van der Waals surface area contributed by atoms with Crippen molar-refractivity contribution >= 4 is 17.1 Å². The number of para-hydroxylation sites is 1. The number of carbonyl (C=O) groups is 1. The van der Waals surface area contributed by atoms with Crippen molar-refractivity contribution in [3.05, 3.63) is 29.7 Å². The largest absolute Gasteiger partial charge is 0.481 e. The molecule has 0 radical (unpaired) electrons. The number of oxazole rings is 1. The molecular formula is C14H15NO3. The summed E-state index contributed by atoms with van der Waals surface area (Å²) < 4.78 is 5.51. The smallest absolute Gasteiger partial charge is 0.303 e. The fraction of sp³-hybridized carbons (Fsp3) is 0.429. The topological polar surface area (TPSA) is 63.3 Å². The third-order valence-electron chi connectivity index (χ3n) is 3.54. The molecule has 4 heteroatoms. The van der Waals surface area contributed by atoms with Crippen molar-refractivity contribution in [2.24, 2.45) is 5.92 Å². The lowest BCUT2D eigenvalue weighted by atomic mass is 9.90. The number of hydrogen-bond acceptors (Lipinski definition) is 3. The molecule has 1 aromatic carbocycles. The van der Waals surface area contributed by atoms with Gasteiger partial charge in [0, 0.05) is 6.92 Å². The highest BCUT2D eigenvalue weighted by atomic mass is 16.4. The Morgan fingerprint density at radius 2 is 2.33 bits per heavy atom. The Morgan fingerprint density at radius 3 is 3.00 bits per heavy atom. The van der Waals surface area contributed by atoms with Gasteiger partial charge in [-0.1, -0.05) is 12.1 Å². The Balaban J connectivity index is 2.07. The lowest BCUT2D eigenvalue weighted by Gasteiger charge is -2.14. The van der Waals surface area contributed by atoms with E-state index in [1.54, 1.807) is 0 Å². The second-order valence-corrected chi connectivity index (χ2v) is 4.97. The first kappa shape index (κ1) is 11.3. The predicted octanol–water partition coefficient (Wildman–Crippen LogP) is 3.10. The molecular weight excluding hydrogens is 230 g/mol. The lowest BCUT2D eigenvalue weighted by molar-refractivity contribution is -0.137. The maximum Gasteiger partial charge on any atom is 0.303 e. The van der Waals surface area contributed by atoms with Crippen LogP contribution >= 0.6 is 0 Å². The summed E-state index contributed by atoms with van der Waals surface area (Å²) in [6, 6.07) is 5.78. The van der Waals surface area contributed by atoms with Crippen LogP contribution in [-0.2, 0) is 4.79 Å². The van der Waals surface area contributed by atoms with Gasteiger partial charge < -0.3 is 9.52 Å². The number of fused-ring (bicyclic) bond motifs is 1. The summed E-state index contributed by atoms with van der Waals surface area (Å²) in [7, 11) is 0. The first-order chi connectivity index (χ1) is 8.65. The molecule has 0 bridgehead atoms. The molecule has 18 heavy (non-hydrogen) atoms. The van der Waals surface area contributed by atoms with Gasteiger partial charge in [-0.05, 0) is 36.3 Å². The molecule has 1 aliphatic rings. The van der Waals surface area contributed by atoms with Crippen molar-refractivity contribution in [3.63, 3.8) is 0 Å². The number of carboxylic acid groups (broad SMARTS) is 1. The Labute approximate surface area is 105 Å². The van der Waals surface area contributed by atoms with Gasteiger partial charge >= 0.3 is 5.97 Å². The van der Waals surface area contributed by atoms with Gasteiger partial charge in [0.2, 0.25) is 0 Å². The Kier molecular flexibility index (Phi) is 2.58. The fourth-order valence-electron chi connectivity index (χ4n) is 2.60. The summed E-state index contributed by atoms with van der Waals surface area (Å²) in [6.07, 6.45) is 2.41. The van der Waals surface area contributed by atoms with Crippen molar-refractivity contribution in [2.75, 3.05) is 0 Å². The van der Waals surface area contributed by atoms with Crippen molar-refractivity contribution in [1.82, 2.24) is 4.98 Å². The Morgan fingerprint density at radius 1 is 1.56 bits per heavy atom. The molecule has 1 heterocycles. The second-order valence-electron chi connectivity index (χ2n) is 4.97. The van der Waals surface area contributed by atoms with Gasteiger partial charge in [-0.2, -0.15) is 0 Å². The molecule has 2 aromatic rings. The van der Waals surface area contributed by atoms with Crippen molar-refractivity contribution < 1.29 is 14.3 Å². The van der Waals surface area contributed by atoms with Crippen molar-refractivity contribution in [3.8, 4) is 0 Å². The summed E-state index contributed by atoms with van der Waals surface area (Å²) in [5, 5.41) is 9.06. The molecule has 0 saturated heterocycles. The first-order valence-electron chi connectivity index (χ1n) is 6.23. The number of nitrogens with zero attached hydrogens (tertiary/aromatic N) is 1. The van der Waals surface area contributed by atoms with E-state index in [1.165, 1.54) is 0 Å². The molecule has 0 spiro atoms. The molecule has 0 aliphatic heterocycles. The van der Waals surface area contributed by atoms with Crippen LogP contribution < -0.4 is 0 Å². The third kappa shape index (κ3) is 1.98. The van der Waals surface area contributed by atoms with E-state index in [0.29, 0.717) is 11.8 Å². The van der Waals surface area contributed by atoms with Crippen LogP contribution in [0.2, 0.25) is 0 Å². The molecule has 1 fully saturated rings. The first-order valence-corrected chi connectivity index (χ1v) is 6.23. The standard InChI is InChI=1S/C14H15NO3/c1-8-15-14-10(3-2-4-12(14)18-8)11(7-13(16)17)9-5-6-9/h2-4,9,11H,5-7H2,1H3,(H,16,17). The van der Waals surface area contributed by atoms with Crippen LogP contribution in [0, 0.1) is 12.8 Å². The Hall–Kier alpha value is -1.84. The number of hydrogen-bond donors (Lipinski definition) is 1. The van der Waals surface area contributed by atoms with Gasteiger partial charge in [0.05, 0.1) is 6.42 Å². The minimum atomic E-state index is -0.746. The van der Waals surface area contributed by atoms with E-state index in [1.807, 2.05) is 25.1 Å². The fourth-order valence-corrected chi connectivity index (χ4v) is 2.60. The van der Waals surface area contributed by atoms with Crippen LogP contribution in [0.3, 0.4) is 0 Å². The second kappa shape index (κ2) is 4.12. The zero-order valence-electron chi connectivity index (χ0n) is 10.2. The van der Waals surface area contributed by atoms with E-state index in [0.717, 1.165) is 29.5 Å². The quantitative estimate of drug-likeness (QED) is 0.898. The summed E-state index contributed by atoms with van der Waals surface area (Å²) >= 11 is 0. The van der Waals surface area contributed by atoms with E-state index < -0.39 is 5.97 Å². The average Bonchev–Trinajstić information content (AvgIpc) is 3.06. The van der Waals surface area contributed by atoms with Crippen LogP contribution in [-0.4, -0.2) is 16.1 Å². The maximum atomic E-state index is 11.0. The zero-order chi connectivity index (χ0) is 12.7. The number of aryl methyl sites for hydroxylation is 1. The molecule has 4 nitrogen and oxygen atoms in total. The van der Waals surface area contributed by atoms with E-state index in [2.05, 4.69) is 4.98 Å². The normalized spacial score (nSPS) is 16.9. The number of benzene rings is 1. The number of aromatic nitrogens is 1. The molecule has 1 saturated carbocycles. The minimum absolute atomic E-state index is 0.0655. The van der Waals surface area contributed by atoms with Crippen LogP contribution in [0.1, 0.15) is 36.6 Å². The molecule has 1 aromatic heterocycles. The molecule has 1 unspecified atom stereocenters. The van der Waals surface area contributed by atoms with E-state index in [4.69, 9.17) is 9.52 Å². The lowest BCUT2D eigenvalue weighted by Crippen LogP contribution is -2.08. The number of rotatable bonds is 4. The van der Waals surface area contributed by atoms with Gasteiger partial charge in [0.15, 0.2) is 11.5 Å². The molecule has 3 rings (SSSR count). The maximum absolute atomic E-state index is 11.0. The SMILES string of the molecule is Cc1nc2c(C(CC(=O)O)C3CC3)cccc2o1. The monoisotopic (exact) mass is 245 g/mol. The van der Waals surface area contributed by atoms with Gasteiger partial charge in [0.25, 0.3) is 0 Å². The van der Waals surface area contributed by atoms with Crippen LogP contribution in [0.25, 0.3) is 11.1 Å². The summed E-state index contributed by atoms with van der Waals surface area (Å²) in [6.45, 7) is 1.81. The highest BCUT2D eigenvalue weighted by Gasteiger charge is 2.35. The molecule has 0 amide bonds. The van der Waals surface area contributed by atoms with Gasteiger partial charge in [-0.3, -0.25) is 4.79 Å². The Bertz CT molecular complexity index is 598. The number of carboxylic acids is 1. The van der Waals surface area contributed by atoms with Gasteiger partial charge in [-0.25, -0.2) is 4.98 Å². The van der Waals surface area contributed by atoms with E-state index >= 15 is 0 Å². The van der Waals surface area contributed by atoms with Crippen molar-refractivity contribution in [1.29, 1.82) is 0 Å². The van der Waals surface area contributed by atoms with Crippen molar-refractivity contribution in [2.45, 2.75) is 32.1 Å². The molecule has 1 atom stereocenters. The highest BCUT2D eigenvalue weighted by Crippen LogP contribution is 2.46. The zero-order valence-corrected chi connectivity index (χ0v) is 10.2. The predicted molar refractivity (Wildman–Crippen MR) is 66.5 cm³/mol. The van der Waals surface area contributed by atoms with Crippen LogP contribution in [0.5, 0.6) is 0 Å². The molecule has 94 valence electrons. The summed E-state index contributed by atoms with van der Waals surface area (Å²) in [5.41, 5.74) is 2.60.